The van der Waals surface area contributed by atoms with Crippen molar-refractivity contribution >= 4 is 22.1 Å². The molecule has 0 radical (unpaired) electrons. The van der Waals surface area contributed by atoms with Crippen LogP contribution in [0.5, 0.6) is 0 Å². The van der Waals surface area contributed by atoms with Gasteiger partial charge >= 0.3 is 0 Å². The minimum Gasteiger partial charge on any atom is -0.437 e. The molecule has 0 aliphatic heterocycles. The summed E-state index contributed by atoms with van der Waals surface area (Å²) >= 11 is 0. The molecule has 3 nitrogen and oxygen atoms in total. The van der Waals surface area contributed by atoms with Crippen molar-refractivity contribution in [2.75, 3.05) is 0 Å². The lowest BCUT2D eigenvalue weighted by Crippen LogP contribution is -2.32. The van der Waals surface area contributed by atoms with Crippen molar-refractivity contribution in [2.45, 2.75) is 52.9 Å². The van der Waals surface area contributed by atoms with E-state index in [4.69, 9.17) is 9.40 Å². The summed E-state index contributed by atoms with van der Waals surface area (Å²) in [7, 11) is 2.14. The molecule has 3 heterocycles. The van der Waals surface area contributed by atoms with Crippen molar-refractivity contribution in [1.29, 1.82) is 0 Å². The van der Waals surface area contributed by atoms with E-state index in [9.17, 15) is 0 Å². The van der Waals surface area contributed by atoms with Crippen LogP contribution in [0, 0.1) is 13.8 Å². The van der Waals surface area contributed by atoms with E-state index in [1.165, 1.54) is 44.6 Å². The second kappa shape index (κ2) is 7.02. The van der Waals surface area contributed by atoms with Gasteiger partial charge < -0.3 is 4.42 Å². The van der Waals surface area contributed by atoms with Crippen molar-refractivity contribution < 1.29 is 8.98 Å². The Bertz CT molecular complexity index is 1640. The van der Waals surface area contributed by atoms with Gasteiger partial charge in [0.05, 0.1) is 10.9 Å². The highest BCUT2D eigenvalue weighted by molar-refractivity contribution is 6.13. The molecule has 0 unspecified atom stereocenters. The minimum atomic E-state index is -0.116. The highest BCUT2D eigenvalue weighted by atomic mass is 16.3. The van der Waals surface area contributed by atoms with Crippen LogP contribution in [0.25, 0.3) is 44.5 Å². The molecule has 2 aromatic carbocycles. The van der Waals surface area contributed by atoms with Gasteiger partial charge in [0.15, 0.2) is 11.8 Å². The standard InChI is InChI=1S/C31H31N2O/c1-17(2)23-16-33(7)25(14-19(23)4)26-18(3)12-13-21-27-28-22(15-32-30(27)34-29(21)26)20-10-8-9-11-24(20)31(28,5)6/h8-17H,1-7H3/q+1. The number of nitrogens with zero attached hydrogens (tertiary/aromatic N) is 2. The maximum absolute atomic E-state index is 6.58. The van der Waals surface area contributed by atoms with Gasteiger partial charge in [-0.05, 0) is 47.6 Å². The van der Waals surface area contributed by atoms with Gasteiger partial charge in [-0.1, -0.05) is 64.1 Å². The summed E-state index contributed by atoms with van der Waals surface area (Å²) in [4.78, 5) is 4.82. The summed E-state index contributed by atoms with van der Waals surface area (Å²) in [5.41, 5.74) is 12.9. The van der Waals surface area contributed by atoms with E-state index in [-0.39, 0.29) is 5.41 Å². The second-order valence-electron chi connectivity index (χ2n) is 10.7. The average molecular weight is 448 g/mol. The Hall–Kier alpha value is -3.46. The largest absolute Gasteiger partial charge is 0.437 e. The van der Waals surface area contributed by atoms with Gasteiger partial charge in [-0.15, -0.1) is 0 Å². The Morgan fingerprint density at radius 3 is 2.50 bits per heavy atom. The molecule has 0 atom stereocenters. The van der Waals surface area contributed by atoms with Crippen LogP contribution >= 0.6 is 0 Å². The molecule has 5 aromatic rings. The Kier molecular flexibility index (Phi) is 4.36. The summed E-state index contributed by atoms with van der Waals surface area (Å²) in [5.74, 6) is 0.485. The Morgan fingerprint density at radius 2 is 1.74 bits per heavy atom. The molecule has 0 saturated heterocycles. The molecule has 3 heteroatoms. The first-order chi connectivity index (χ1) is 16.2. The first-order valence-electron chi connectivity index (χ1n) is 12.2. The van der Waals surface area contributed by atoms with Gasteiger partial charge in [0, 0.05) is 34.2 Å². The van der Waals surface area contributed by atoms with Gasteiger partial charge in [0.25, 0.3) is 0 Å². The minimum absolute atomic E-state index is 0.116. The van der Waals surface area contributed by atoms with Crippen LogP contribution in [0.15, 0.2) is 59.3 Å². The van der Waals surface area contributed by atoms with Crippen LogP contribution < -0.4 is 4.57 Å². The maximum Gasteiger partial charge on any atom is 0.227 e. The molecule has 34 heavy (non-hydrogen) atoms. The molecule has 170 valence electrons. The number of aryl methyl sites for hydroxylation is 3. The third kappa shape index (κ3) is 2.70. The molecule has 0 fully saturated rings. The summed E-state index contributed by atoms with van der Waals surface area (Å²) in [6.45, 7) is 13.5. The number of hydrogen-bond acceptors (Lipinski definition) is 2. The van der Waals surface area contributed by atoms with Crippen molar-refractivity contribution in [3.8, 4) is 22.4 Å². The summed E-state index contributed by atoms with van der Waals surface area (Å²) in [6.07, 6.45) is 4.27. The molecule has 6 rings (SSSR count). The van der Waals surface area contributed by atoms with E-state index in [1.54, 1.807) is 0 Å². The molecule has 1 aliphatic carbocycles. The molecule has 3 aromatic heterocycles. The zero-order chi connectivity index (χ0) is 23.9. The third-order valence-corrected chi connectivity index (χ3v) is 7.79. The molecule has 0 spiro atoms. The van der Waals surface area contributed by atoms with E-state index in [1.807, 2.05) is 6.20 Å². The molecule has 0 N–H and O–H groups in total. The van der Waals surface area contributed by atoms with Crippen LogP contribution in [-0.4, -0.2) is 4.98 Å². The Labute approximate surface area is 201 Å². The van der Waals surface area contributed by atoms with Gasteiger partial charge in [0.2, 0.25) is 11.4 Å². The smallest absolute Gasteiger partial charge is 0.227 e. The fraction of sp³-hybridized carbons (Fsp3) is 0.290. The van der Waals surface area contributed by atoms with Gasteiger partial charge in [-0.25, -0.2) is 9.55 Å². The quantitative estimate of drug-likeness (QED) is 0.262. The maximum atomic E-state index is 6.58. The predicted molar refractivity (Wildman–Crippen MR) is 139 cm³/mol. The molecule has 0 saturated carbocycles. The van der Waals surface area contributed by atoms with Crippen LogP contribution in [0.2, 0.25) is 0 Å². The van der Waals surface area contributed by atoms with Crippen LogP contribution in [0.3, 0.4) is 0 Å². The normalized spacial score (nSPS) is 14.2. The topological polar surface area (TPSA) is 29.9 Å². The summed E-state index contributed by atoms with van der Waals surface area (Å²) in [5, 5.41) is 2.29. The number of rotatable bonds is 2. The number of fused-ring (bicyclic) bond motifs is 7. The lowest BCUT2D eigenvalue weighted by atomic mass is 9.81. The van der Waals surface area contributed by atoms with E-state index in [0.717, 1.165) is 27.6 Å². The molecule has 1 aliphatic rings. The fourth-order valence-electron chi connectivity index (χ4n) is 6.09. The third-order valence-electron chi connectivity index (χ3n) is 7.79. The highest BCUT2D eigenvalue weighted by Crippen LogP contribution is 2.52. The first-order valence-corrected chi connectivity index (χ1v) is 12.2. The van der Waals surface area contributed by atoms with Crippen LogP contribution in [0.4, 0.5) is 0 Å². The zero-order valence-electron chi connectivity index (χ0n) is 21.1. The Morgan fingerprint density at radius 1 is 0.971 bits per heavy atom. The molecule has 0 bridgehead atoms. The lowest BCUT2D eigenvalue weighted by molar-refractivity contribution is -0.660. The average Bonchev–Trinajstić information content (AvgIpc) is 3.28. The van der Waals surface area contributed by atoms with E-state index >= 15 is 0 Å². The van der Waals surface area contributed by atoms with Crippen LogP contribution in [0.1, 0.15) is 61.4 Å². The van der Waals surface area contributed by atoms with E-state index < -0.39 is 0 Å². The number of pyridine rings is 2. The summed E-state index contributed by atoms with van der Waals surface area (Å²) in [6, 6.07) is 15.5. The molecular weight excluding hydrogens is 416 g/mol. The highest BCUT2D eigenvalue weighted by Gasteiger charge is 2.38. The molecular formula is C31H31N2O+. The predicted octanol–water partition coefficient (Wildman–Crippen LogP) is 7.52. The van der Waals surface area contributed by atoms with Gasteiger partial charge in [0.1, 0.15) is 7.05 Å². The SMILES string of the molecule is Cc1cc(-c2c(C)ccc3c2oc2ncc4c(c23)C(C)(C)c2ccccc2-4)[n+](C)cc1C(C)C. The van der Waals surface area contributed by atoms with Crippen molar-refractivity contribution in [3.63, 3.8) is 0 Å². The molecule has 0 amide bonds. The second-order valence-corrected chi connectivity index (χ2v) is 10.7. The lowest BCUT2D eigenvalue weighted by Gasteiger charge is -2.22. The number of aromatic nitrogens is 2. The zero-order valence-corrected chi connectivity index (χ0v) is 21.1. The summed E-state index contributed by atoms with van der Waals surface area (Å²) < 4.78 is 8.83. The number of hydrogen-bond donors (Lipinski definition) is 0. The van der Waals surface area contributed by atoms with Crippen molar-refractivity contribution in [2.24, 2.45) is 7.05 Å². The van der Waals surface area contributed by atoms with E-state index in [0.29, 0.717) is 5.92 Å². The monoisotopic (exact) mass is 447 g/mol. The number of benzene rings is 2. The van der Waals surface area contributed by atoms with Crippen molar-refractivity contribution in [3.05, 3.63) is 82.7 Å². The van der Waals surface area contributed by atoms with Gasteiger partial charge in [-0.2, -0.15) is 0 Å². The van der Waals surface area contributed by atoms with Gasteiger partial charge in [-0.3, -0.25) is 0 Å². The Balaban J connectivity index is 1.70. The number of furan rings is 1. The first kappa shape index (κ1) is 21.1. The van der Waals surface area contributed by atoms with Crippen LogP contribution in [-0.2, 0) is 12.5 Å². The van der Waals surface area contributed by atoms with E-state index in [2.05, 4.69) is 102 Å². The fourth-order valence-corrected chi connectivity index (χ4v) is 6.09. The van der Waals surface area contributed by atoms with Crippen molar-refractivity contribution in [1.82, 2.24) is 4.98 Å².